The quantitative estimate of drug-likeness (QED) is 0.760. The van der Waals surface area contributed by atoms with Gasteiger partial charge in [0.1, 0.15) is 0 Å². The highest BCUT2D eigenvalue weighted by Crippen LogP contribution is 2.39. The molecule has 0 spiro atoms. The van der Waals surface area contributed by atoms with Gasteiger partial charge < -0.3 is 10.1 Å². The topological polar surface area (TPSA) is 39.1 Å². The van der Waals surface area contributed by atoms with Gasteiger partial charge in [-0.2, -0.15) is 5.10 Å². The third-order valence-electron chi connectivity index (χ3n) is 4.71. The largest absolute Gasteiger partial charge is 0.378 e. The van der Waals surface area contributed by atoms with Gasteiger partial charge in [-0.15, -0.1) is 0 Å². The summed E-state index contributed by atoms with van der Waals surface area (Å²) in [6, 6.07) is 0. The van der Waals surface area contributed by atoms with Crippen LogP contribution in [0.2, 0.25) is 0 Å². The lowest BCUT2D eigenvalue weighted by molar-refractivity contribution is 0.0620. The van der Waals surface area contributed by atoms with Crippen LogP contribution in [-0.4, -0.2) is 35.6 Å². The van der Waals surface area contributed by atoms with E-state index in [1.54, 1.807) is 0 Å². The van der Waals surface area contributed by atoms with Crippen LogP contribution in [-0.2, 0) is 17.7 Å². The predicted octanol–water partition coefficient (Wildman–Crippen LogP) is 3.31. The van der Waals surface area contributed by atoms with Gasteiger partial charge in [0, 0.05) is 25.1 Å². The molecule has 2 unspecified atom stereocenters. The SMILES string of the molecule is CCCNCC1(Cc2c(Br)c(C)nn2CC)CCOC1C. The molecule has 2 atom stereocenters. The summed E-state index contributed by atoms with van der Waals surface area (Å²) >= 11 is 3.73. The van der Waals surface area contributed by atoms with E-state index in [-0.39, 0.29) is 11.5 Å². The van der Waals surface area contributed by atoms with Crippen molar-refractivity contribution in [2.75, 3.05) is 19.7 Å². The van der Waals surface area contributed by atoms with Crippen LogP contribution in [0.4, 0.5) is 0 Å². The van der Waals surface area contributed by atoms with Crippen LogP contribution in [0.1, 0.15) is 45.0 Å². The highest BCUT2D eigenvalue weighted by molar-refractivity contribution is 9.10. The van der Waals surface area contributed by atoms with E-state index in [9.17, 15) is 0 Å². The number of ether oxygens (including phenoxy) is 1. The number of hydrogen-bond acceptors (Lipinski definition) is 3. The van der Waals surface area contributed by atoms with Crippen molar-refractivity contribution in [2.24, 2.45) is 5.41 Å². The summed E-state index contributed by atoms with van der Waals surface area (Å²) in [5.41, 5.74) is 2.57. The normalized spacial score (nSPS) is 25.7. The Kier molecular flexibility index (Phi) is 5.86. The first-order valence-corrected chi connectivity index (χ1v) is 8.87. The minimum atomic E-state index is 0.178. The molecule has 1 saturated heterocycles. The Morgan fingerprint density at radius 1 is 1.48 bits per heavy atom. The average Bonchev–Trinajstić information content (AvgIpc) is 2.95. The van der Waals surface area contributed by atoms with Gasteiger partial charge in [-0.1, -0.05) is 6.92 Å². The van der Waals surface area contributed by atoms with Gasteiger partial charge in [-0.05, 0) is 62.5 Å². The van der Waals surface area contributed by atoms with Crippen LogP contribution in [0.25, 0.3) is 0 Å². The lowest BCUT2D eigenvalue weighted by atomic mass is 9.77. The first-order valence-electron chi connectivity index (χ1n) is 8.08. The Bertz CT molecular complexity index is 474. The van der Waals surface area contributed by atoms with E-state index >= 15 is 0 Å². The van der Waals surface area contributed by atoms with Crippen molar-refractivity contribution in [1.82, 2.24) is 15.1 Å². The third kappa shape index (κ3) is 3.51. The maximum Gasteiger partial charge on any atom is 0.0738 e. The molecule has 1 aromatic heterocycles. The summed E-state index contributed by atoms with van der Waals surface area (Å²) in [6.45, 7) is 12.5. The third-order valence-corrected chi connectivity index (χ3v) is 5.74. The summed E-state index contributed by atoms with van der Waals surface area (Å²) in [6.07, 6.45) is 3.58. The molecule has 21 heavy (non-hydrogen) atoms. The van der Waals surface area contributed by atoms with Crippen molar-refractivity contribution >= 4 is 15.9 Å². The molecule has 120 valence electrons. The van der Waals surface area contributed by atoms with Crippen molar-refractivity contribution in [1.29, 1.82) is 0 Å². The number of halogens is 1. The molecule has 0 radical (unpaired) electrons. The van der Waals surface area contributed by atoms with Crippen molar-refractivity contribution in [3.8, 4) is 0 Å². The number of nitrogens with zero attached hydrogens (tertiary/aromatic N) is 2. The molecular weight excluding hydrogens is 330 g/mol. The lowest BCUT2D eigenvalue weighted by Crippen LogP contribution is -2.42. The molecular formula is C16H28BrN3O. The fourth-order valence-corrected chi connectivity index (χ4v) is 3.66. The smallest absolute Gasteiger partial charge is 0.0738 e. The summed E-state index contributed by atoms with van der Waals surface area (Å²) in [5.74, 6) is 0. The highest BCUT2D eigenvalue weighted by atomic mass is 79.9. The molecule has 5 heteroatoms. The molecule has 0 aliphatic carbocycles. The Hall–Kier alpha value is -0.390. The molecule has 1 fully saturated rings. The minimum absolute atomic E-state index is 0.178. The standard InChI is InChI=1S/C16H28BrN3O/c1-5-8-18-11-16(7-9-21-13(16)4)10-14-15(17)12(3)19-20(14)6-2/h13,18H,5-11H2,1-4H3. The summed E-state index contributed by atoms with van der Waals surface area (Å²) in [4.78, 5) is 0. The Balaban J connectivity index is 2.23. The van der Waals surface area contributed by atoms with Crippen LogP contribution < -0.4 is 5.32 Å². The molecule has 0 bridgehead atoms. The fraction of sp³-hybridized carbons (Fsp3) is 0.812. The Labute approximate surface area is 136 Å². The first kappa shape index (κ1) is 17.0. The number of nitrogens with one attached hydrogen (secondary N) is 1. The van der Waals surface area contributed by atoms with Crippen LogP contribution in [0.15, 0.2) is 4.47 Å². The number of rotatable bonds is 7. The molecule has 1 aromatic rings. The highest BCUT2D eigenvalue weighted by Gasteiger charge is 2.42. The molecule has 4 nitrogen and oxygen atoms in total. The molecule has 2 rings (SSSR count). The van der Waals surface area contributed by atoms with Crippen LogP contribution in [0.5, 0.6) is 0 Å². The van der Waals surface area contributed by atoms with E-state index in [4.69, 9.17) is 4.74 Å². The van der Waals surface area contributed by atoms with Gasteiger partial charge in [0.25, 0.3) is 0 Å². The molecule has 1 N–H and O–H groups in total. The van der Waals surface area contributed by atoms with E-state index in [2.05, 4.69) is 58.7 Å². The zero-order chi connectivity index (χ0) is 15.5. The maximum absolute atomic E-state index is 5.91. The second kappa shape index (κ2) is 7.25. The van der Waals surface area contributed by atoms with Crippen molar-refractivity contribution < 1.29 is 4.74 Å². The summed E-state index contributed by atoms with van der Waals surface area (Å²) < 4.78 is 9.20. The maximum atomic E-state index is 5.91. The van der Waals surface area contributed by atoms with Crippen molar-refractivity contribution in [3.05, 3.63) is 15.9 Å². The molecule has 0 amide bonds. The van der Waals surface area contributed by atoms with Crippen LogP contribution >= 0.6 is 15.9 Å². The van der Waals surface area contributed by atoms with Crippen molar-refractivity contribution in [3.63, 3.8) is 0 Å². The second-order valence-electron chi connectivity index (χ2n) is 6.14. The first-order chi connectivity index (χ1) is 10.0. The predicted molar refractivity (Wildman–Crippen MR) is 89.7 cm³/mol. The van der Waals surface area contributed by atoms with Gasteiger partial charge in [0.15, 0.2) is 0 Å². The van der Waals surface area contributed by atoms with E-state index < -0.39 is 0 Å². The molecule has 1 aliphatic rings. The van der Waals surface area contributed by atoms with E-state index in [1.807, 2.05) is 0 Å². The van der Waals surface area contributed by atoms with Crippen LogP contribution in [0.3, 0.4) is 0 Å². The van der Waals surface area contributed by atoms with Gasteiger partial charge in [-0.3, -0.25) is 4.68 Å². The zero-order valence-electron chi connectivity index (χ0n) is 13.7. The minimum Gasteiger partial charge on any atom is -0.378 e. The van der Waals surface area contributed by atoms with E-state index in [1.165, 1.54) is 16.6 Å². The lowest BCUT2D eigenvalue weighted by Gasteiger charge is -2.33. The monoisotopic (exact) mass is 357 g/mol. The molecule has 0 aromatic carbocycles. The molecule has 2 heterocycles. The van der Waals surface area contributed by atoms with E-state index in [0.717, 1.165) is 44.8 Å². The fourth-order valence-electron chi connectivity index (χ4n) is 3.23. The summed E-state index contributed by atoms with van der Waals surface area (Å²) in [5, 5.41) is 8.24. The van der Waals surface area contributed by atoms with E-state index in [0.29, 0.717) is 0 Å². The molecule has 0 saturated carbocycles. The number of aromatic nitrogens is 2. The zero-order valence-corrected chi connectivity index (χ0v) is 15.3. The van der Waals surface area contributed by atoms with Crippen LogP contribution in [0, 0.1) is 12.3 Å². The van der Waals surface area contributed by atoms with Gasteiger partial charge >= 0.3 is 0 Å². The number of aryl methyl sites for hydroxylation is 2. The van der Waals surface area contributed by atoms with Crippen molar-refractivity contribution in [2.45, 2.75) is 59.6 Å². The Morgan fingerprint density at radius 3 is 2.81 bits per heavy atom. The van der Waals surface area contributed by atoms with Gasteiger partial charge in [0.2, 0.25) is 0 Å². The Morgan fingerprint density at radius 2 is 2.24 bits per heavy atom. The van der Waals surface area contributed by atoms with Gasteiger partial charge in [-0.25, -0.2) is 0 Å². The number of hydrogen-bond donors (Lipinski definition) is 1. The molecule has 1 aliphatic heterocycles. The van der Waals surface area contributed by atoms with Gasteiger partial charge in [0.05, 0.1) is 22.0 Å². The average molecular weight is 358 g/mol. The summed E-state index contributed by atoms with van der Waals surface area (Å²) in [7, 11) is 0. The second-order valence-corrected chi connectivity index (χ2v) is 6.93.